The van der Waals surface area contributed by atoms with Crippen LogP contribution >= 0.6 is 0 Å². The van der Waals surface area contributed by atoms with Gasteiger partial charge in [0.05, 0.1) is 18.4 Å². The van der Waals surface area contributed by atoms with Gasteiger partial charge in [0.15, 0.2) is 11.5 Å². The summed E-state index contributed by atoms with van der Waals surface area (Å²) >= 11 is 0. The molecule has 3 aromatic rings. The molecule has 7 nitrogen and oxygen atoms in total. The summed E-state index contributed by atoms with van der Waals surface area (Å²) < 4.78 is 8.11. The van der Waals surface area contributed by atoms with Gasteiger partial charge in [0.25, 0.3) is 5.91 Å². The number of fused-ring (bicyclic) bond motifs is 2. The number of rotatable bonds is 2. The van der Waals surface area contributed by atoms with E-state index in [-0.39, 0.29) is 11.3 Å². The number of nitrogens with zero attached hydrogens (tertiary/aromatic N) is 5. The van der Waals surface area contributed by atoms with Gasteiger partial charge in [-0.15, -0.1) is 0 Å². The molecule has 0 unspecified atom stereocenters. The van der Waals surface area contributed by atoms with Gasteiger partial charge in [0.2, 0.25) is 0 Å². The maximum Gasteiger partial charge on any atom is 0.255 e. The smallest absolute Gasteiger partial charge is 0.255 e. The van der Waals surface area contributed by atoms with E-state index in [9.17, 15) is 4.79 Å². The van der Waals surface area contributed by atoms with Crippen LogP contribution in [0.15, 0.2) is 23.0 Å². The average molecular weight is 393 g/mol. The Balaban J connectivity index is 1.38. The highest BCUT2D eigenvalue weighted by Crippen LogP contribution is 2.32. The molecule has 1 aliphatic heterocycles. The Bertz CT molecular complexity index is 1070. The number of amides is 1. The van der Waals surface area contributed by atoms with Crippen LogP contribution < -0.4 is 0 Å². The number of carbonyl (C=O) groups excluding carboxylic acids is 1. The molecule has 1 fully saturated rings. The van der Waals surface area contributed by atoms with Crippen molar-refractivity contribution < 1.29 is 9.21 Å². The minimum atomic E-state index is -0.140. The Hall–Kier alpha value is -2.70. The van der Waals surface area contributed by atoms with Crippen LogP contribution in [0, 0.1) is 0 Å². The van der Waals surface area contributed by atoms with Crippen molar-refractivity contribution in [3.63, 3.8) is 0 Å². The number of hydrogen-bond donors (Lipinski definition) is 0. The van der Waals surface area contributed by atoms with Crippen molar-refractivity contribution in [2.75, 3.05) is 6.54 Å². The van der Waals surface area contributed by atoms with Gasteiger partial charge in [-0.1, -0.05) is 33.6 Å². The van der Waals surface area contributed by atoms with Crippen molar-refractivity contribution in [2.24, 2.45) is 0 Å². The zero-order valence-corrected chi connectivity index (χ0v) is 17.3. The van der Waals surface area contributed by atoms with Gasteiger partial charge in [0.1, 0.15) is 17.0 Å². The van der Waals surface area contributed by atoms with E-state index in [1.54, 1.807) is 6.20 Å². The van der Waals surface area contributed by atoms with Crippen LogP contribution in [0.5, 0.6) is 0 Å². The van der Waals surface area contributed by atoms with Crippen molar-refractivity contribution in [3.05, 3.63) is 41.5 Å². The van der Waals surface area contributed by atoms with Gasteiger partial charge < -0.3 is 13.9 Å². The van der Waals surface area contributed by atoms with E-state index in [1.165, 1.54) is 25.7 Å². The number of pyridine rings is 1. The summed E-state index contributed by atoms with van der Waals surface area (Å²) in [5, 5.41) is 0. The van der Waals surface area contributed by atoms with Crippen molar-refractivity contribution >= 4 is 17.1 Å². The monoisotopic (exact) mass is 393 g/mol. The largest absolute Gasteiger partial charge is 0.445 e. The Morgan fingerprint density at radius 3 is 2.76 bits per heavy atom. The summed E-state index contributed by atoms with van der Waals surface area (Å²) in [6, 6.07) is 2.36. The van der Waals surface area contributed by atoms with Crippen molar-refractivity contribution in [1.29, 1.82) is 0 Å². The molecule has 4 heterocycles. The topological polar surface area (TPSA) is 77.1 Å². The molecule has 152 valence electrons. The normalized spacial score (nSPS) is 17.8. The third kappa shape index (κ3) is 3.22. The van der Waals surface area contributed by atoms with E-state index in [2.05, 4.69) is 40.3 Å². The van der Waals surface area contributed by atoms with Crippen molar-refractivity contribution in [1.82, 2.24) is 24.4 Å². The molecule has 7 heteroatoms. The van der Waals surface area contributed by atoms with E-state index in [0.717, 1.165) is 28.5 Å². The summed E-state index contributed by atoms with van der Waals surface area (Å²) in [5.41, 5.74) is 2.98. The molecule has 1 aliphatic carbocycles. The van der Waals surface area contributed by atoms with Crippen LogP contribution in [0.4, 0.5) is 0 Å². The molecule has 3 aromatic heterocycles. The second-order valence-corrected chi connectivity index (χ2v) is 9.27. The van der Waals surface area contributed by atoms with E-state index >= 15 is 0 Å². The minimum Gasteiger partial charge on any atom is -0.445 e. The van der Waals surface area contributed by atoms with E-state index < -0.39 is 0 Å². The SMILES string of the molecule is CC(C)(C)c1nc2c(o1)CCN(C(=O)c1cnc3c(c1)ncn3C1CCCC1)C2. The lowest BCUT2D eigenvalue weighted by Crippen LogP contribution is -2.35. The first-order chi connectivity index (χ1) is 13.9. The first kappa shape index (κ1) is 18.3. The fourth-order valence-electron chi connectivity index (χ4n) is 4.36. The van der Waals surface area contributed by atoms with E-state index in [4.69, 9.17) is 4.42 Å². The molecule has 0 spiro atoms. The molecule has 0 saturated heterocycles. The third-order valence-electron chi connectivity index (χ3n) is 6.03. The van der Waals surface area contributed by atoms with Gasteiger partial charge in [-0.05, 0) is 18.9 Å². The molecular formula is C22H27N5O2. The van der Waals surface area contributed by atoms with Crippen LogP contribution in [0.25, 0.3) is 11.2 Å². The van der Waals surface area contributed by atoms with Crippen molar-refractivity contribution in [2.45, 2.75) is 70.9 Å². The summed E-state index contributed by atoms with van der Waals surface area (Å²) in [4.78, 5) is 28.7. The molecule has 0 aromatic carbocycles. The number of hydrogen-bond acceptors (Lipinski definition) is 5. The number of aromatic nitrogens is 4. The number of oxazole rings is 1. The third-order valence-corrected chi connectivity index (χ3v) is 6.03. The Kier molecular flexibility index (Phi) is 4.22. The fourth-order valence-corrected chi connectivity index (χ4v) is 4.36. The quantitative estimate of drug-likeness (QED) is 0.657. The molecule has 1 saturated carbocycles. The van der Waals surface area contributed by atoms with Crippen LogP contribution in [-0.4, -0.2) is 36.9 Å². The van der Waals surface area contributed by atoms with E-state index in [1.807, 2.05) is 17.3 Å². The summed E-state index contributed by atoms with van der Waals surface area (Å²) in [6.07, 6.45) is 9.13. The zero-order chi connectivity index (χ0) is 20.2. The van der Waals surface area contributed by atoms with Crippen LogP contribution in [0.3, 0.4) is 0 Å². The second-order valence-electron chi connectivity index (χ2n) is 9.27. The van der Waals surface area contributed by atoms with Gasteiger partial charge >= 0.3 is 0 Å². The molecule has 2 aliphatic rings. The molecule has 0 atom stereocenters. The Morgan fingerprint density at radius 2 is 2.00 bits per heavy atom. The molecule has 0 N–H and O–H groups in total. The molecule has 0 bridgehead atoms. The van der Waals surface area contributed by atoms with Crippen molar-refractivity contribution in [3.8, 4) is 0 Å². The average Bonchev–Trinajstić information content (AvgIpc) is 3.43. The highest BCUT2D eigenvalue weighted by molar-refractivity contribution is 5.96. The number of carbonyl (C=O) groups is 1. The van der Waals surface area contributed by atoms with Crippen LogP contribution in [-0.2, 0) is 18.4 Å². The molecular weight excluding hydrogens is 366 g/mol. The maximum atomic E-state index is 13.1. The zero-order valence-electron chi connectivity index (χ0n) is 17.3. The lowest BCUT2D eigenvalue weighted by atomic mass is 9.97. The van der Waals surface area contributed by atoms with Crippen LogP contribution in [0.2, 0.25) is 0 Å². The van der Waals surface area contributed by atoms with E-state index in [0.29, 0.717) is 31.1 Å². The maximum absolute atomic E-state index is 13.1. The molecule has 0 radical (unpaired) electrons. The summed E-state index contributed by atoms with van der Waals surface area (Å²) in [7, 11) is 0. The molecule has 1 amide bonds. The fraction of sp³-hybridized carbons (Fsp3) is 0.545. The predicted octanol–water partition coefficient (Wildman–Crippen LogP) is 4.03. The number of imidazole rings is 1. The lowest BCUT2D eigenvalue weighted by molar-refractivity contribution is 0.0727. The van der Waals surface area contributed by atoms with Crippen LogP contribution in [0.1, 0.15) is 80.2 Å². The second kappa shape index (κ2) is 6.68. The van der Waals surface area contributed by atoms with Gasteiger partial charge in [-0.3, -0.25) is 4.79 Å². The lowest BCUT2D eigenvalue weighted by Gasteiger charge is -2.25. The first-order valence-electron chi connectivity index (χ1n) is 10.5. The molecule has 5 rings (SSSR count). The van der Waals surface area contributed by atoms with Gasteiger partial charge in [0, 0.05) is 30.6 Å². The molecule has 29 heavy (non-hydrogen) atoms. The summed E-state index contributed by atoms with van der Waals surface area (Å²) in [5.74, 6) is 1.61. The van der Waals surface area contributed by atoms with Gasteiger partial charge in [-0.2, -0.15) is 0 Å². The summed E-state index contributed by atoms with van der Waals surface area (Å²) in [6.45, 7) is 7.35. The first-order valence-corrected chi connectivity index (χ1v) is 10.5. The highest BCUT2D eigenvalue weighted by atomic mass is 16.4. The predicted molar refractivity (Wildman–Crippen MR) is 109 cm³/mol. The Morgan fingerprint density at radius 1 is 1.21 bits per heavy atom. The Labute approximate surface area is 170 Å². The van der Waals surface area contributed by atoms with Gasteiger partial charge in [-0.25, -0.2) is 15.0 Å². The minimum absolute atomic E-state index is 0.0271. The highest BCUT2D eigenvalue weighted by Gasteiger charge is 2.30. The standard InChI is InChI=1S/C22H27N5O2/c1-22(2,3)21-25-17-12-26(9-8-18(17)29-21)20(28)14-10-16-19(23-11-14)27(13-24-16)15-6-4-5-7-15/h10-11,13,15H,4-9,12H2,1-3H3.